The fourth-order valence-corrected chi connectivity index (χ4v) is 2.71. The Hall–Kier alpha value is -2.17. The number of amides is 2. The number of nitrogens with zero attached hydrogens (tertiary/aromatic N) is 1. The number of hydrogen-bond donors (Lipinski definition) is 1. The van der Waals surface area contributed by atoms with E-state index >= 15 is 0 Å². The number of benzene rings is 2. The van der Waals surface area contributed by atoms with Crippen molar-refractivity contribution in [2.45, 2.75) is 19.0 Å². The lowest BCUT2D eigenvalue weighted by Gasteiger charge is -2.13. The van der Waals surface area contributed by atoms with Gasteiger partial charge < -0.3 is 5.32 Å². The van der Waals surface area contributed by atoms with Gasteiger partial charge in [0.1, 0.15) is 6.54 Å². The van der Waals surface area contributed by atoms with E-state index in [1.165, 1.54) is 4.90 Å². The molecule has 4 nitrogen and oxygen atoms in total. The first-order valence-electron chi connectivity index (χ1n) is 7.15. The van der Waals surface area contributed by atoms with Crippen LogP contribution in [0.2, 0.25) is 5.02 Å². The fourth-order valence-electron chi connectivity index (χ4n) is 2.59. The zero-order valence-corrected chi connectivity index (χ0v) is 12.7. The average Bonchev–Trinajstić information content (AvgIpc) is 2.82. The molecule has 0 unspecified atom stereocenters. The third-order valence-electron chi connectivity index (χ3n) is 3.75. The van der Waals surface area contributed by atoms with Gasteiger partial charge in [0, 0.05) is 10.6 Å². The first-order valence-corrected chi connectivity index (χ1v) is 7.52. The number of hydrogen-bond acceptors (Lipinski definition) is 2. The Morgan fingerprint density at radius 3 is 2.41 bits per heavy atom. The molecule has 2 N–H and O–H groups in total. The molecule has 0 aliphatic carbocycles. The summed E-state index contributed by atoms with van der Waals surface area (Å²) in [4.78, 5) is 25.8. The Morgan fingerprint density at radius 1 is 1.05 bits per heavy atom. The summed E-state index contributed by atoms with van der Waals surface area (Å²) < 4.78 is 0. The van der Waals surface area contributed by atoms with Gasteiger partial charge in [-0.05, 0) is 24.3 Å². The van der Waals surface area contributed by atoms with Crippen LogP contribution in [0, 0.1) is 0 Å². The van der Waals surface area contributed by atoms with Crippen molar-refractivity contribution in [3.63, 3.8) is 0 Å². The summed E-state index contributed by atoms with van der Waals surface area (Å²) in [7, 11) is 0. The van der Waals surface area contributed by atoms with Crippen molar-refractivity contribution in [2.24, 2.45) is 0 Å². The summed E-state index contributed by atoms with van der Waals surface area (Å²) in [5.41, 5.74) is 1.71. The Kier molecular flexibility index (Phi) is 4.22. The largest absolute Gasteiger partial charge is 0.332 e. The van der Waals surface area contributed by atoms with Crippen LogP contribution < -0.4 is 10.2 Å². The predicted octanol–water partition coefficient (Wildman–Crippen LogP) is 1.74. The average molecular weight is 316 g/mol. The summed E-state index contributed by atoms with van der Waals surface area (Å²) in [6, 6.07) is 16.2. The minimum atomic E-state index is -0.358. The molecule has 5 heteroatoms. The summed E-state index contributed by atoms with van der Waals surface area (Å²) in [6.07, 6.45) is 0.237. The summed E-state index contributed by atoms with van der Waals surface area (Å²) in [5, 5.41) is 2.60. The highest BCUT2D eigenvalue weighted by Gasteiger charge is 2.41. The molecule has 1 atom stereocenters. The van der Waals surface area contributed by atoms with E-state index in [1.54, 1.807) is 12.1 Å². The van der Waals surface area contributed by atoms with Crippen molar-refractivity contribution >= 4 is 29.1 Å². The number of carbonyl (C=O) groups is 2. The van der Waals surface area contributed by atoms with Crippen molar-refractivity contribution in [1.82, 2.24) is 0 Å². The third kappa shape index (κ3) is 3.03. The normalized spacial score (nSPS) is 18.0. The zero-order chi connectivity index (χ0) is 15.5. The molecule has 1 aliphatic heterocycles. The van der Waals surface area contributed by atoms with Gasteiger partial charge in [0.2, 0.25) is 5.91 Å². The van der Waals surface area contributed by atoms with Gasteiger partial charge in [-0.15, -0.1) is 0 Å². The number of halogens is 1. The molecule has 0 radical (unpaired) electrons. The van der Waals surface area contributed by atoms with E-state index in [-0.39, 0.29) is 24.3 Å². The molecule has 3 rings (SSSR count). The lowest BCUT2D eigenvalue weighted by Crippen LogP contribution is -2.90. The molecule has 0 aromatic heterocycles. The number of anilines is 1. The topological polar surface area (TPSA) is 54.0 Å². The standard InChI is InChI=1S/C17H15ClN2O2/c18-13-8-6-12(7-9-13)11-19-15-10-16(21)20(17(15)22)14-4-2-1-3-5-14/h1-9,15,19H,10-11H2/p+1/t15-/m1/s1. The molecule has 1 aliphatic rings. The van der Waals surface area contributed by atoms with E-state index in [1.807, 2.05) is 47.8 Å². The molecule has 0 spiro atoms. The van der Waals surface area contributed by atoms with Crippen molar-refractivity contribution < 1.29 is 14.9 Å². The van der Waals surface area contributed by atoms with Crippen molar-refractivity contribution in [3.8, 4) is 0 Å². The lowest BCUT2D eigenvalue weighted by atomic mass is 10.2. The number of rotatable bonds is 4. The van der Waals surface area contributed by atoms with Gasteiger partial charge in [0.15, 0.2) is 6.04 Å². The van der Waals surface area contributed by atoms with Crippen LogP contribution in [0.4, 0.5) is 5.69 Å². The Bertz CT molecular complexity index is 686. The van der Waals surface area contributed by atoms with Crippen LogP contribution in [-0.2, 0) is 16.1 Å². The maximum Gasteiger partial charge on any atom is 0.292 e. The first-order chi connectivity index (χ1) is 10.6. The van der Waals surface area contributed by atoms with Gasteiger partial charge in [-0.25, -0.2) is 4.90 Å². The van der Waals surface area contributed by atoms with Crippen LogP contribution in [0.1, 0.15) is 12.0 Å². The molecule has 2 aromatic carbocycles. The fraction of sp³-hybridized carbons (Fsp3) is 0.176. The highest BCUT2D eigenvalue weighted by Crippen LogP contribution is 2.21. The molecule has 1 saturated heterocycles. The van der Waals surface area contributed by atoms with Gasteiger partial charge in [-0.3, -0.25) is 9.59 Å². The second-order valence-electron chi connectivity index (χ2n) is 5.28. The molecule has 22 heavy (non-hydrogen) atoms. The summed E-state index contributed by atoms with van der Waals surface area (Å²) in [6.45, 7) is 0.642. The molecule has 2 amide bonds. The molecule has 0 bridgehead atoms. The highest BCUT2D eigenvalue weighted by atomic mass is 35.5. The summed E-state index contributed by atoms with van der Waals surface area (Å²) >= 11 is 5.85. The van der Waals surface area contributed by atoms with E-state index in [0.717, 1.165) is 5.56 Å². The number of nitrogens with two attached hydrogens (primary N) is 1. The van der Waals surface area contributed by atoms with Crippen LogP contribution in [0.25, 0.3) is 0 Å². The van der Waals surface area contributed by atoms with Gasteiger partial charge in [-0.1, -0.05) is 41.9 Å². The SMILES string of the molecule is O=C1C[C@@H]([NH2+]Cc2ccc(Cl)cc2)C(=O)N1c1ccccc1. The predicted molar refractivity (Wildman–Crippen MR) is 84.4 cm³/mol. The second-order valence-corrected chi connectivity index (χ2v) is 5.72. The first kappa shape index (κ1) is 14.8. The Morgan fingerprint density at radius 2 is 1.73 bits per heavy atom. The van der Waals surface area contributed by atoms with Gasteiger partial charge >= 0.3 is 0 Å². The maximum atomic E-state index is 12.4. The molecule has 0 saturated carbocycles. The monoisotopic (exact) mass is 315 g/mol. The van der Waals surface area contributed by atoms with Crippen molar-refractivity contribution in [1.29, 1.82) is 0 Å². The van der Waals surface area contributed by atoms with Crippen LogP contribution in [0.5, 0.6) is 0 Å². The molecular weight excluding hydrogens is 300 g/mol. The second kappa shape index (κ2) is 6.30. The van der Waals surface area contributed by atoms with Gasteiger partial charge in [0.25, 0.3) is 5.91 Å². The molecule has 1 fully saturated rings. The molecular formula is C17H16ClN2O2+. The Labute approximate surface area is 133 Å². The number of quaternary nitrogens is 1. The highest BCUT2D eigenvalue weighted by molar-refractivity contribution is 6.30. The molecule has 1 heterocycles. The number of carbonyl (C=O) groups excluding carboxylic acids is 2. The van der Waals surface area contributed by atoms with E-state index in [0.29, 0.717) is 17.3 Å². The van der Waals surface area contributed by atoms with Crippen LogP contribution in [0.3, 0.4) is 0 Å². The zero-order valence-electron chi connectivity index (χ0n) is 11.9. The van der Waals surface area contributed by atoms with Crippen LogP contribution in [-0.4, -0.2) is 17.9 Å². The van der Waals surface area contributed by atoms with Crippen molar-refractivity contribution in [3.05, 3.63) is 65.2 Å². The smallest absolute Gasteiger partial charge is 0.292 e. The number of imide groups is 1. The van der Waals surface area contributed by atoms with Crippen molar-refractivity contribution in [2.75, 3.05) is 4.90 Å². The van der Waals surface area contributed by atoms with E-state index in [2.05, 4.69) is 0 Å². The minimum absolute atomic E-state index is 0.145. The van der Waals surface area contributed by atoms with E-state index in [4.69, 9.17) is 11.6 Å². The maximum absolute atomic E-state index is 12.4. The Balaban J connectivity index is 1.68. The quantitative estimate of drug-likeness (QED) is 0.874. The lowest BCUT2D eigenvalue weighted by molar-refractivity contribution is -0.690. The minimum Gasteiger partial charge on any atom is -0.332 e. The third-order valence-corrected chi connectivity index (χ3v) is 4.00. The van der Waals surface area contributed by atoms with Gasteiger partial charge in [0.05, 0.1) is 12.1 Å². The van der Waals surface area contributed by atoms with Gasteiger partial charge in [-0.2, -0.15) is 0 Å². The molecule has 2 aromatic rings. The van der Waals surface area contributed by atoms with E-state index < -0.39 is 0 Å². The van der Waals surface area contributed by atoms with E-state index in [9.17, 15) is 9.59 Å². The summed E-state index contributed by atoms with van der Waals surface area (Å²) in [5.74, 6) is -0.293. The van der Waals surface area contributed by atoms with Crippen LogP contribution in [0.15, 0.2) is 54.6 Å². The van der Waals surface area contributed by atoms with Crippen LogP contribution >= 0.6 is 11.6 Å². The number of para-hydroxylation sites is 1. The molecule has 112 valence electrons.